The van der Waals surface area contributed by atoms with E-state index >= 15 is 0 Å². The lowest BCUT2D eigenvalue weighted by Gasteiger charge is -2.38. The molecule has 2 saturated heterocycles. The van der Waals surface area contributed by atoms with Crippen molar-refractivity contribution in [2.24, 2.45) is 0 Å². The Kier molecular flexibility index (Phi) is 4.54. The molecule has 3 nitrogen and oxygen atoms in total. The van der Waals surface area contributed by atoms with Crippen molar-refractivity contribution in [3.63, 3.8) is 0 Å². The van der Waals surface area contributed by atoms with Crippen LogP contribution in [0, 0.1) is 13.8 Å². The molecule has 0 saturated carbocycles. The van der Waals surface area contributed by atoms with Gasteiger partial charge in [-0.25, -0.2) is 0 Å². The summed E-state index contributed by atoms with van der Waals surface area (Å²) in [7, 11) is 0. The van der Waals surface area contributed by atoms with Crippen molar-refractivity contribution in [3.8, 4) is 0 Å². The Hall–Kier alpha value is -0.710. The third-order valence-electron chi connectivity index (χ3n) is 4.56. The van der Waals surface area contributed by atoms with Gasteiger partial charge in [-0.15, -0.1) is 11.8 Å². The highest BCUT2D eigenvalue weighted by Crippen LogP contribution is 2.24. The Labute approximate surface area is 126 Å². The molecule has 0 bridgehead atoms. The van der Waals surface area contributed by atoms with Crippen LogP contribution >= 0.6 is 11.8 Å². The van der Waals surface area contributed by atoms with Crippen LogP contribution in [0.5, 0.6) is 0 Å². The van der Waals surface area contributed by atoms with Crippen molar-refractivity contribution >= 4 is 17.4 Å². The maximum absolute atomic E-state index is 3.57. The second-order valence-electron chi connectivity index (χ2n) is 5.92. The molecule has 1 aromatic rings. The van der Waals surface area contributed by atoms with Crippen LogP contribution in [0.25, 0.3) is 0 Å². The predicted octanol–water partition coefficient (Wildman–Crippen LogP) is 2.09. The minimum Gasteiger partial charge on any atom is -0.369 e. The summed E-state index contributed by atoms with van der Waals surface area (Å²) >= 11 is 2.02. The van der Waals surface area contributed by atoms with Gasteiger partial charge in [0.15, 0.2) is 0 Å². The third kappa shape index (κ3) is 3.13. The first-order chi connectivity index (χ1) is 9.74. The molecule has 4 heteroatoms. The molecule has 2 heterocycles. The number of piperazine rings is 1. The highest BCUT2D eigenvalue weighted by atomic mass is 32.2. The minimum atomic E-state index is 0.701. The van der Waals surface area contributed by atoms with Gasteiger partial charge in [-0.2, -0.15) is 0 Å². The lowest BCUT2D eigenvalue weighted by Crippen LogP contribution is -2.50. The number of hydrogen-bond acceptors (Lipinski definition) is 4. The first kappa shape index (κ1) is 14.2. The van der Waals surface area contributed by atoms with Gasteiger partial charge < -0.3 is 10.2 Å². The molecule has 1 atom stereocenters. The summed E-state index contributed by atoms with van der Waals surface area (Å²) in [5.41, 5.74) is 4.27. The lowest BCUT2D eigenvalue weighted by molar-refractivity contribution is 0.240. The topological polar surface area (TPSA) is 18.5 Å². The molecular formula is C16H25N3S. The van der Waals surface area contributed by atoms with Crippen LogP contribution in [0.4, 0.5) is 5.69 Å². The largest absolute Gasteiger partial charge is 0.369 e. The van der Waals surface area contributed by atoms with E-state index < -0.39 is 0 Å². The van der Waals surface area contributed by atoms with Gasteiger partial charge in [0, 0.05) is 56.1 Å². The molecule has 1 N–H and O–H groups in total. The van der Waals surface area contributed by atoms with Crippen molar-refractivity contribution in [2.75, 3.05) is 49.3 Å². The number of aryl methyl sites for hydroxylation is 1. The quantitative estimate of drug-likeness (QED) is 0.919. The molecule has 110 valence electrons. The van der Waals surface area contributed by atoms with E-state index in [2.05, 4.69) is 47.2 Å². The Morgan fingerprint density at radius 1 is 1.20 bits per heavy atom. The Bertz CT molecular complexity index is 449. The van der Waals surface area contributed by atoms with Crippen LogP contribution in [-0.2, 0) is 0 Å². The average molecular weight is 291 g/mol. The van der Waals surface area contributed by atoms with Gasteiger partial charge in [0.2, 0.25) is 0 Å². The zero-order valence-electron chi connectivity index (χ0n) is 12.6. The second kappa shape index (κ2) is 6.37. The van der Waals surface area contributed by atoms with Gasteiger partial charge in [-0.3, -0.25) is 4.90 Å². The van der Waals surface area contributed by atoms with Gasteiger partial charge >= 0.3 is 0 Å². The van der Waals surface area contributed by atoms with Gasteiger partial charge in [0.25, 0.3) is 0 Å². The average Bonchev–Trinajstić information content (AvgIpc) is 2.96. The standard InChI is InChI=1S/C16H25N3S/c1-13-4-3-5-16(14(13)2)19-8-6-18(7-9-19)10-15-11-20-12-17-15/h3-5,15,17H,6-12H2,1-2H3. The number of nitrogens with zero attached hydrogens (tertiary/aromatic N) is 2. The number of thioether (sulfide) groups is 1. The lowest BCUT2D eigenvalue weighted by atomic mass is 10.1. The molecular weight excluding hydrogens is 266 g/mol. The summed E-state index contributed by atoms with van der Waals surface area (Å²) in [6, 6.07) is 7.36. The number of nitrogens with one attached hydrogen (secondary N) is 1. The summed E-state index contributed by atoms with van der Waals surface area (Å²) in [5.74, 6) is 2.41. The van der Waals surface area contributed by atoms with E-state index in [0.717, 1.165) is 19.0 Å². The summed E-state index contributed by atoms with van der Waals surface area (Å²) in [4.78, 5) is 5.17. The van der Waals surface area contributed by atoms with E-state index in [1.807, 2.05) is 11.8 Å². The smallest absolute Gasteiger partial charge is 0.0421 e. The predicted molar refractivity (Wildman–Crippen MR) is 88.8 cm³/mol. The Balaban J connectivity index is 1.56. The summed E-state index contributed by atoms with van der Waals surface area (Å²) in [6.07, 6.45) is 0. The van der Waals surface area contributed by atoms with E-state index in [0.29, 0.717) is 6.04 Å². The maximum atomic E-state index is 3.57. The molecule has 1 unspecified atom stereocenters. The summed E-state index contributed by atoms with van der Waals surface area (Å²) in [5, 5.41) is 3.57. The van der Waals surface area contributed by atoms with Gasteiger partial charge in [0.1, 0.15) is 0 Å². The summed E-state index contributed by atoms with van der Waals surface area (Å²) < 4.78 is 0. The van der Waals surface area contributed by atoms with E-state index in [4.69, 9.17) is 0 Å². The number of hydrogen-bond donors (Lipinski definition) is 1. The van der Waals surface area contributed by atoms with Crippen LogP contribution in [0.15, 0.2) is 18.2 Å². The second-order valence-corrected chi connectivity index (χ2v) is 6.95. The summed E-state index contributed by atoms with van der Waals surface area (Å²) in [6.45, 7) is 10.4. The number of anilines is 1. The SMILES string of the molecule is Cc1cccc(N2CCN(CC3CSCN3)CC2)c1C. The molecule has 3 rings (SSSR count). The molecule has 0 aliphatic carbocycles. The minimum absolute atomic E-state index is 0.701. The molecule has 2 aliphatic heterocycles. The third-order valence-corrected chi connectivity index (χ3v) is 5.57. The van der Waals surface area contributed by atoms with E-state index in [1.54, 1.807) is 0 Å². The molecule has 20 heavy (non-hydrogen) atoms. The molecule has 2 aliphatic rings. The molecule has 1 aromatic carbocycles. The van der Waals surface area contributed by atoms with Crippen molar-refractivity contribution in [2.45, 2.75) is 19.9 Å². The van der Waals surface area contributed by atoms with Crippen molar-refractivity contribution < 1.29 is 0 Å². The van der Waals surface area contributed by atoms with Gasteiger partial charge in [0.05, 0.1) is 0 Å². The molecule has 0 aromatic heterocycles. The van der Waals surface area contributed by atoms with Gasteiger partial charge in [-0.1, -0.05) is 12.1 Å². The highest BCUT2D eigenvalue weighted by Gasteiger charge is 2.22. The highest BCUT2D eigenvalue weighted by molar-refractivity contribution is 7.99. The van der Waals surface area contributed by atoms with Crippen LogP contribution in [0.1, 0.15) is 11.1 Å². The number of benzene rings is 1. The normalized spacial score (nSPS) is 24.3. The van der Waals surface area contributed by atoms with Crippen molar-refractivity contribution in [1.82, 2.24) is 10.2 Å². The van der Waals surface area contributed by atoms with Crippen LogP contribution < -0.4 is 10.2 Å². The fourth-order valence-corrected chi connectivity index (χ4v) is 4.09. The Morgan fingerprint density at radius 2 is 2.00 bits per heavy atom. The van der Waals surface area contributed by atoms with Crippen LogP contribution in [-0.4, -0.2) is 55.3 Å². The van der Waals surface area contributed by atoms with Crippen molar-refractivity contribution in [3.05, 3.63) is 29.3 Å². The molecule has 2 fully saturated rings. The van der Waals surface area contributed by atoms with E-state index in [1.165, 1.54) is 42.2 Å². The maximum Gasteiger partial charge on any atom is 0.0421 e. The van der Waals surface area contributed by atoms with E-state index in [9.17, 15) is 0 Å². The zero-order valence-corrected chi connectivity index (χ0v) is 13.4. The first-order valence-electron chi connectivity index (χ1n) is 7.58. The first-order valence-corrected chi connectivity index (χ1v) is 8.74. The molecule has 0 spiro atoms. The fraction of sp³-hybridized carbons (Fsp3) is 0.625. The fourth-order valence-electron chi connectivity index (χ4n) is 3.12. The van der Waals surface area contributed by atoms with Crippen molar-refractivity contribution in [1.29, 1.82) is 0 Å². The molecule has 0 radical (unpaired) electrons. The zero-order chi connectivity index (χ0) is 13.9. The number of rotatable bonds is 3. The van der Waals surface area contributed by atoms with Crippen LogP contribution in [0.3, 0.4) is 0 Å². The Morgan fingerprint density at radius 3 is 2.70 bits per heavy atom. The van der Waals surface area contributed by atoms with Gasteiger partial charge in [-0.05, 0) is 31.0 Å². The van der Waals surface area contributed by atoms with Crippen LogP contribution in [0.2, 0.25) is 0 Å². The monoisotopic (exact) mass is 291 g/mol. The molecule has 0 amide bonds. The van der Waals surface area contributed by atoms with E-state index in [-0.39, 0.29) is 0 Å².